The number of amides is 2. The molecular formula is C33H41LiN2O4S. The minimum absolute atomic E-state index is 0. The molecule has 0 heterocycles. The van der Waals surface area contributed by atoms with Gasteiger partial charge in [0, 0.05) is 18.5 Å². The Labute approximate surface area is 260 Å². The first-order valence-electron chi connectivity index (χ1n) is 14.7. The molecule has 0 spiro atoms. The predicted octanol–water partition coefficient (Wildman–Crippen LogP) is 1.53. The van der Waals surface area contributed by atoms with Crippen LogP contribution in [-0.4, -0.2) is 42.4 Å². The second kappa shape index (κ2) is 13.8. The van der Waals surface area contributed by atoms with Crippen molar-refractivity contribution in [3.8, 4) is 11.1 Å². The van der Waals surface area contributed by atoms with Crippen LogP contribution >= 0.6 is 11.8 Å². The molecule has 6 nitrogen and oxygen atoms in total. The van der Waals surface area contributed by atoms with Gasteiger partial charge in [0.05, 0.1) is 12.0 Å². The maximum Gasteiger partial charge on any atom is 1.00 e. The molecule has 4 bridgehead atoms. The van der Waals surface area contributed by atoms with Crippen LogP contribution < -0.4 is 34.6 Å². The van der Waals surface area contributed by atoms with E-state index < -0.39 is 17.9 Å². The number of aryl methyl sites for hydroxylation is 2. The average Bonchev–Trinajstić information content (AvgIpc) is 2.92. The van der Waals surface area contributed by atoms with Gasteiger partial charge in [-0.1, -0.05) is 36.4 Å². The van der Waals surface area contributed by atoms with E-state index >= 15 is 0 Å². The number of aliphatic carboxylic acids is 1. The molecule has 2 N–H and O–H groups in total. The van der Waals surface area contributed by atoms with Crippen LogP contribution in [0.3, 0.4) is 0 Å². The molecule has 4 saturated carbocycles. The molecule has 4 aliphatic rings. The molecule has 4 fully saturated rings. The molecule has 2 aromatic carbocycles. The summed E-state index contributed by atoms with van der Waals surface area (Å²) in [5.41, 5.74) is 4.37. The second-order valence-electron chi connectivity index (χ2n) is 12.5. The summed E-state index contributed by atoms with van der Waals surface area (Å²) in [6.45, 7) is 2.79. The number of benzene rings is 2. The third-order valence-corrected chi connectivity index (χ3v) is 10.1. The molecule has 0 radical (unpaired) electrons. The third kappa shape index (κ3) is 7.61. The van der Waals surface area contributed by atoms with E-state index in [2.05, 4.69) is 10.6 Å². The number of carboxylic acid groups (broad SMARTS) is 1. The van der Waals surface area contributed by atoms with E-state index in [0.29, 0.717) is 36.0 Å². The summed E-state index contributed by atoms with van der Waals surface area (Å²) in [7, 11) is 0. The van der Waals surface area contributed by atoms with E-state index in [0.717, 1.165) is 46.6 Å². The Balaban J connectivity index is 0.00000387. The van der Waals surface area contributed by atoms with Crippen molar-refractivity contribution < 1.29 is 38.4 Å². The number of nitrogens with one attached hydrogen (secondary N) is 2. The van der Waals surface area contributed by atoms with Gasteiger partial charge in [-0.3, -0.25) is 9.59 Å². The van der Waals surface area contributed by atoms with Crippen molar-refractivity contribution in [1.82, 2.24) is 10.6 Å². The van der Waals surface area contributed by atoms with Crippen LogP contribution in [0, 0.1) is 30.1 Å². The van der Waals surface area contributed by atoms with Gasteiger partial charge in [0.1, 0.15) is 0 Å². The van der Waals surface area contributed by atoms with Crippen LogP contribution in [-0.2, 0) is 16.0 Å². The van der Waals surface area contributed by atoms with Crippen molar-refractivity contribution in [3.63, 3.8) is 0 Å². The first-order chi connectivity index (χ1) is 19.2. The third-order valence-electron chi connectivity index (χ3n) is 9.43. The molecule has 41 heavy (non-hydrogen) atoms. The zero-order valence-corrected chi connectivity index (χ0v) is 25.5. The van der Waals surface area contributed by atoms with Crippen LogP contribution in [0.4, 0.5) is 0 Å². The minimum Gasteiger partial charge on any atom is -0.548 e. The average molecular weight is 569 g/mol. The fourth-order valence-electron chi connectivity index (χ4n) is 7.90. The zero-order valence-electron chi connectivity index (χ0n) is 24.7. The fourth-order valence-corrected chi connectivity index (χ4v) is 8.37. The SMILES string of the molecule is CSCCC(NC(=O)c1ccc(CCC(=O)NCC23CC4CC(CC(C4)C2)C3)cc1-c1ccccc1C)C(=O)[O-].[Li+]. The van der Waals surface area contributed by atoms with E-state index in [9.17, 15) is 19.5 Å². The number of carboxylic acids is 1. The van der Waals surface area contributed by atoms with Crippen LogP contribution in [0.1, 0.15) is 72.9 Å². The molecular weight excluding hydrogens is 527 g/mol. The Bertz CT molecular complexity index is 1230. The number of carbonyl (C=O) groups excluding carboxylic acids is 3. The summed E-state index contributed by atoms with van der Waals surface area (Å²) in [6.07, 6.45) is 11.2. The van der Waals surface area contributed by atoms with Crippen molar-refractivity contribution in [2.75, 3.05) is 18.6 Å². The molecule has 8 heteroatoms. The number of rotatable bonds is 12. The normalized spacial score (nSPS) is 24.8. The van der Waals surface area contributed by atoms with Crippen molar-refractivity contribution in [3.05, 3.63) is 59.2 Å². The van der Waals surface area contributed by atoms with Crippen molar-refractivity contribution in [2.45, 2.75) is 70.8 Å². The van der Waals surface area contributed by atoms with E-state index in [4.69, 9.17) is 0 Å². The van der Waals surface area contributed by atoms with Gasteiger partial charge < -0.3 is 20.5 Å². The van der Waals surface area contributed by atoms with Crippen LogP contribution in [0.2, 0.25) is 0 Å². The van der Waals surface area contributed by atoms with Crippen molar-refractivity contribution in [1.29, 1.82) is 0 Å². The van der Waals surface area contributed by atoms with Gasteiger partial charge in [0.25, 0.3) is 5.91 Å². The fraction of sp³-hybridized carbons (Fsp3) is 0.545. The zero-order chi connectivity index (χ0) is 28.3. The molecule has 4 aliphatic carbocycles. The van der Waals surface area contributed by atoms with Crippen molar-refractivity contribution >= 4 is 29.5 Å². The van der Waals surface area contributed by atoms with Gasteiger partial charge in [0.15, 0.2) is 0 Å². The van der Waals surface area contributed by atoms with Gasteiger partial charge in [0.2, 0.25) is 5.91 Å². The van der Waals surface area contributed by atoms with Gasteiger partial charge in [-0.25, -0.2) is 0 Å². The topological polar surface area (TPSA) is 98.3 Å². The summed E-state index contributed by atoms with van der Waals surface area (Å²) < 4.78 is 0. The van der Waals surface area contributed by atoms with Crippen LogP contribution in [0.15, 0.2) is 42.5 Å². The maximum absolute atomic E-state index is 13.3. The monoisotopic (exact) mass is 568 g/mol. The quantitative estimate of drug-likeness (QED) is 0.379. The Kier molecular flexibility index (Phi) is 10.7. The number of carbonyl (C=O) groups is 3. The number of hydrogen-bond donors (Lipinski definition) is 2. The molecule has 0 aromatic heterocycles. The molecule has 0 aliphatic heterocycles. The number of hydrogen-bond acceptors (Lipinski definition) is 5. The Morgan fingerprint density at radius 1 is 1.00 bits per heavy atom. The molecule has 2 aromatic rings. The Morgan fingerprint density at radius 3 is 2.27 bits per heavy atom. The summed E-state index contributed by atoms with van der Waals surface area (Å²) in [5, 5.41) is 17.6. The summed E-state index contributed by atoms with van der Waals surface area (Å²) in [5.74, 6) is 1.57. The first-order valence-corrected chi connectivity index (χ1v) is 16.1. The molecule has 6 rings (SSSR count). The van der Waals surface area contributed by atoms with Gasteiger partial charge in [-0.05, 0) is 122 Å². The minimum atomic E-state index is -1.28. The van der Waals surface area contributed by atoms with Crippen molar-refractivity contribution in [2.24, 2.45) is 23.2 Å². The second-order valence-corrected chi connectivity index (χ2v) is 13.5. The molecule has 1 unspecified atom stereocenters. The van der Waals surface area contributed by atoms with Crippen LogP contribution in [0.25, 0.3) is 11.1 Å². The summed E-state index contributed by atoms with van der Waals surface area (Å²) in [6, 6.07) is 12.4. The molecule has 1 atom stereocenters. The number of thioether (sulfide) groups is 1. The molecule has 0 saturated heterocycles. The smallest absolute Gasteiger partial charge is 0.548 e. The maximum atomic E-state index is 13.3. The summed E-state index contributed by atoms with van der Waals surface area (Å²) >= 11 is 1.52. The molecule has 214 valence electrons. The molecule has 2 amide bonds. The standard InChI is InChI=1S/C33H42N2O4S.Li/c1-21-5-3-4-6-26(21)28-16-22(7-9-27(28)31(37)35-29(32(38)39)11-12-40-2)8-10-30(36)34-20-33-17-23-13-24(18-33)15-25(14-23)19-33;/h3-7,9,16,23-25,29H,8,10-15,17-20H2,1-2H3,(H,34,36)(H,35,37)(H,38,39);/q;+1/p-1. The van der Waals surface area contributed by atoms with E-state index in [-0.39, 0.29) is 24.8 Å². The van der Waals surface area contributed by atoms with Gasteiger partial charge in [-0.15, -0.1) is 0 Å². The van der Waals surface area contributed by atoms with Gasteiger partial charge >= 0.3 is 18.9 Å². The Morgan fingerprint density at radius 2 is 1.66 bits per heavy atom. The van der Waals surface area contributed by atoms with E-state index in [1.165, 1.54) is 50.3 Å². The first kappa shape index (κ1) is 31.7. The summed E-state index contributed by atoms with van der Waals surface area (Å²) in [4.78, 5) is 37.8. The van der Waals surface area contributed by atoms with E-state index in [1.54, 1.807) is 6.07 Å². The Hall–Kier alpha value is -2.20. The van der Waals surface area contributed by atoms with Gasteiger partial charge in [-0.2, -0.15) is 11.8 Å². The van der Waals surface area contributed by atoms with Crippen LogP contribution in [0.5, 0.6) is 0 Å². The largest absolute Gasteiger partial charge is 1.00 e. The predicted molar refractivity (Wildman–Crippen MR) is 158 cm³/mol. The van der Waals surface area contributed by atoms with E-state index in [1.807, 2.05) is 49.6 Å².